The van der Waals surface area contributed by atoms with Gasteiger partial charge in [0.15, 0.2) is 6.10 Å². The van der Waals surface area contributed by atoms with Gasteiger partial charge in [-0.1, -0.05) is 73.6 Å². The molecule has 13 heteroatoms. The lowest BCUT2D eigenvalue weighted by molar-refractivity contribution is -0.145. The minimum Gasteiger partial charge on any atom is -0.381 e. The van der Waals surface area contributed by atoms with Crippen LogP contribution in [0.3, 0.4) is 0 Å². The van der Waals surface area contributed by atoms with Gasteiger partial charge in [-0.2, -0.15) is 0 Å². The van der Waals surface area contributed by atoms with E-state index in [0.717, 1.165) is 64.2 Å². The first-order valence-corrected chi connectivity index (χ1v) is 20.0. The molecule has 2 unspecified atom stereocenters. The predicted octanol–water partition coefficient (Wildman–Crippen LogP) is 3.41. The second-order valence-electron chi connectivity index (χ2n) is 18.2. The van der Waals surface area contributed by atoms with Crippen molar-refractivity contribution in [3.05, 3.63) is 24.3 Å². The third-order valence-corrected chi connectivity index (χ3v) is 13.8. The number of hydrogen-bond acceptors (Lipinski definition) is 8. The molecule has 13 nitrogen and oxygen atoms in total. The molecule has 5 aliphatic rings. The fourth-order valence-electron chi connectivity index (χ4n) is 10.2. The lowest BCUT2D eigenvalue weighted by Crippen LogP contribution is -2.62. The molecule has 5 fully saturated rings. The molecule has 5 amide bonds. The molecule has 292 valence electrons. The standard InChI is InChI=1S/C40H61N7O6/c1-7-12-26(30(48)35(52)43-25-15-16-25)44-33(50)28-21-40(38(5,6)39(40)17-11-18-39)23-47(28)36(53)31(37(2,3)4)46-34(51)29(24-13-9-8-10-14-24)45-32(49)27-22-41-19-20-42-27/h19-20,22,24-26,28-31,48H,7-18,21,23H2,1-6H3,(H,43,52)(H,44,50)(H,45,49)(H,46,51)/t26?,28-,29-,30?,31+,40+/m0/s1. The maximum atomic E-state index is 15.0. The minimum atomic E-state index is -1.41. The molecule has 1 aromatic heterocycles. The lowest BCUT2D eigenvalue weighted by atomic mass is 9.73. The summed E-state index contributed by atoms with van der Waals surface area (Å²) in [7, 11) is 0. The van der Waals surface area contributed by atoms with Gasteiger partial charge in [-0.25, -0.2) is 4.98 Å². The van der Waals surface area contributed by atoms with Crippen LogP contribution in [0.5, 0.6) is 0 Å². The molecule has 4 aliphatic carbocycles. The van der Waals surface area contributed by atoms with Crippen molar-refractivity contribution in [3.8, 4) is 0 Å². The Morgan fingerprint density at radius 3 is 2.17 bits per heavy atom. The molecule has 2 spiro atoms. The van der Waals surface area contributed by atoms with Crippen LogP contribution in [0, 0.1) is 27.6 Å². The van der Waals surface area contributed by atoms with Gasteiger partial charge in [0.1, 0.15) is 23.8 Å². The van der Waals surface area contributed by atoms with Crippen molar-refractivity contribution in [1.29, 1.82) is 0 Å². The number of carbonyl (C=O) groups excluding carboxylic acids is 5. The van der Waals surface area contributed by atoms with Gasteiger partial charge < -0.3 is 31.3 Å². The monoisotopic (exact) mass is 735 g/mol. The zero-order valence-electron chi connectivity index (χ0n) is 32.5. The van der Waals surface area contributed by atoms with E-state index in [9.17, 15) is 24.3 Å². The highest BCUT2D eigenvalue weighted by atomic mass is 16.3. The zero-order valence-corrected chi connectivity index (χ0v) is 32.5. The van der Waals surface area contributed by atoms with E-state index >= 15 is 4.79 Å². The van der Waals surface area contributed by atoms with E-state index < -0.39 is 53.4 Å². The highest BCUT2D eigenvalue weighted by Crippen LogP contribution is 2.88. The third kappa shape index (κ3) is 7.31. The maximum absolute atomic E-state index is 15.0. The van der Waals surface area contributed by atoms with Crippen LogP contribution in [0.15, 0.2) is 18.6 Å². The van der Waals surface area contributed by atoms with Crippen LogP contribution >= 0.6 is 0 Å². The number of likely N-dealkylation sites (tertiary alicyclic amines) is 1. The highest BCUT2D eigenvalue weighted by molar-refractivity contribution is 5.98. The van der Waals surface area contributed by atoms with Crippen LogP contribution < -0.4 is 21.3 Å². The molecule has 53 heavy (non-hydrogen) atoms. The number of hydrogen-bond donors (Lipinski definition) is 5. The molecule has 0 radical (unpaired) electrons. The number of fused-ring (bicyclic) bond motifs is 1. The summed E-state index contributed by atoms with van der Waals surface area (Å²) in [6, 6.07) is -3.47. The van der Waals surface area contributed by atoms with Crippen molar-refractivity contribution in [3.63, 3.8) is 0 Å². The van der Waals surface area contributed by atoms with Gasteiger partial charge in [-0.05, 0) is 73.5 Å². The summed E-state index contributed by atoms with van der Waals surface area (Å²) in [6.45, 7) is 12.5. The zero-order chi connectivity index (χ0) is 38.3. The molecule has 2 heterocycles. The number of aromatic nitrogens is 2. The average Bonchev–Trinajstić information content (AvgIpc) is 3.94. The Balaban J connectivity index is 1.26. The molecule has 6 rings (SSSR count). The quantitative estimate of drug-likeness (QED) is 0.204. The number of rotatable bonds is 13. The molecule has 0 aromatic carbocycles. The number of amides is 5. The van der Waals surface area contributed by atoms with Gasteiger partial charge in [-0.3, -0.25) is 29.0 Å². The van der Waals surface area contributed by atoms with Gasteiger partial charge in [0.25, 0.3) is 11.8 Å². The van der Waals surface area contributed by atoms with Crippen molar-refractivity contribution in [2.45, 2.75) is 161 Å². The van der Waals surface area contributed by atoms with Gasteiger partial charge in [-0.15, -0.1) is 0 Å². The Hall–Kier alpha value is -3.61. The van der Waals surface area contributed by atoms with Crippen molar-refractivity contribution < 1.29 is 29.1 Å². The van der Waals surface area contributed by atoms with Crippen LogP contribution in [0.25, 0.3) is 0 Å². The topological polar surface area (TPSA) is 183 Å². The van der Waals surface area contributed by atoms with Crippen LogP contribution in [-0.4, -0.2) is 92.4 Å². The Morgan fingerprint density at radius 1 is 0.925 bits per heavy atom. The molecule has 0 bridgehead atoms. The van der Waals surface area contributed by atoms with Crippen LogP contribution in [0.4, 0.5) is 0 Å². The molecule has 4 saturated carbocycles. The van der Waals surface area contributed by atoms with E-state index in [4.69, 9.17) is 0 Å². The van der Waals surface area contributed by atoms with Gasteiger partial charge in [0.05, 0.1) is 12.2 Å². The Bertz CT molecular complexity index is 1550. The van der Waals surface area contributed by atoms with Gasteiger partial charge >= 0.3 is 0 Å². The Labute approximate surface area is 314 Å². The van der Waals surface area contributed by atoms with E-state index in [0.29, 0.717) is 25.8 Å². The highest BCUT2D eigenvalue weighted by Gasteiger charge is 2.85. The normalized spacial score (nSPS) is 26.8. The second-order valence-corrected chi connectivity index (χ2v) is 18.2. The van der Waals surface area contributed by atoms with Crippen molar-refractivity contribution in [2.24, 2.45) is 27.6 Å². The molecule has 6 atom stereocenters. The SMILES string of the molecule is CCCC(NC(=O)[C@@H]1C[C@@]2(CN1C(=O)[C@@H](NC(=O)[C@@H](NC(=O)c1cnccn1)C1CCCCC1)C(C)(C)C)C(C)(C)C21CCC1)C(O)C(=O)NC1CC1. The fraction of sp³-hybridized carbons (Fsp3) is 0.775. The molecule has 1 aromatic rings. The Kier molecular flexibility index (Phi) is 11.0. The molecular weight excluding hydrogens is 674 g/mol. The van der Waals surface area contributed by atoms with Crippen molar-refractivity contribution >= 4 is 29.5 Å². The molecule has 1 saturated heterocycles. The van der Waals surface area contributed by atoms with E-state index in [-0.39, 0.29) is 45.7 Å². The third-order valence-electron chi connectivity index (χ3n) is 13.8. The van der Waals surface area contributed by atoms with E-state index in [1.165, 1.54) is 18.6 Å². The summed E-state index contributed by atoms with van der Waals surface area (Å²) in [5, 5.41) is 22.9. The summed E-state index contributed by atoms with van der Waals surface area (Å²) in [4.78, 5) is 79.8. The maximum Gasteiger partial charge on any atom is 0.272 e. The van der Waals surface area contributed by atoms with E-state index in [1.807, 2.05) is 27.7 Å². The Morgan fingerprint density at radius 2 is 1.62 bits per heavy atom. The molecular formula is C40H61N7O6. The van der Waals surface area contributed by atoms with Gasteiger partial charge in [0, 0.05) is 30.4 Å². The van der Waals surface area contributed by atoms with Crippen LogP contribution in [0.2, 0.25) is 0 Å². The smallest absolute Gasteiger partial charge is 0.272 e. The molecule has 5 N–H and O–H groups in total. The van der Waals surface area contributed by atoms with Gasteiger partial charge in [0.2, 0.25) is 17.7 Å². The average molecular weight is 736 g/mol. The summed E-state index contributed by atoms with van der Waals surface area (Å²) in [5.41, 5.74) is -0.953. The minimum absolute atomic E-state index is 0.0389. The first-order chi connectivity index (χ1) is 25.1. The fourth-order valence-corrected chi connectivity index (χ4v) is 10.2. The predicted molar refractivity (Wildman–Crippen MR) is 198 cm³/mol. The summed E-state index contributed by atoms with van der Waals surface area (Å²) in [6.07, 6.45) is 13.8. The van der Waals surface area contributed by atoms with Crippen LogP contribution in [0.1, 0.15) is 136 Å². The summed E-state index contributed by atoms with van der Waals surface area (Å²) >= 11 is 0. The largest absolute Gasteiger partial charge is 0.381 e. The van der Waals surface area contributed by atoms with E-state index in [1.54, 1.807) is 4.90 Å². The lowest BCUT2D eigenvalue weighted by Gasteiger charge is -2.38. The number of nitrogens with one attached hydrogen (secondary N) is 4. The second kappa shape index (κ2) is 14.9. The van der Waals surface area contributed by atoms with Crippen molar-refractivity contribution in [2.75, 3.05) is 6.54 Å². The number of aliphatic hydroxyl groups is 1. The molecule has 1 aliphatic heterocycles. The summed E-state index contributed by atoms with van der Waals surface area (Å²) < 4.78 is 0. The van der Waals surface area contributed by atoms with E-state index in [2.05, 4.69) is 45.1 Å². The number of carbonyl (C=O) groups is 5. The van der Waals surface area contributed by atoms with Crippen molar-refractivity contribution in [1.82, 2.24) is 36.1 Å². The first-order valence-electron chi connectivity index (χ1n) is 20.0. The summed E-state index contributed by atoms with van der Waals surface area (Å²) in [5.74, 6) is -2.28. The first kappa shape index (κ1) is 39.1. The van der Waals surface area contributed by atoms with Crippen LogP contribution in [-0.2, 0) is 19.2 Å². The number of nitrogens with zero attached hydrogens (tertiary/aromatic N) is 3. The number of aliphatic hydroxyl groups excluding tert-OH is 1.